The van der Waals surface area contributed by atoms with Crippen molar-refractivity contribution < 1.29 is 4.92 Å². The Morgan fingerprint density at radius 3 is 2.94 bits per heavy atom. The van der Waals surface area contributed by atoms with Gasteiger partial charge in [0.05, 0.1) is 4.92 Å². The second-order valence-electron chi connectivity index (χ2n) is 4.69. The standard InChI is InChI=1S/C12H18N4O2/c1-15-6-2-3-10(15)8-14-9-4-5-12(16(17)18)11(13)7-9/h4-5,7,10,14H,2-3,6,8,13H2,1H3. The largest absolute Gasteiger partial charge is 0.393 e. The van der Waals surface area contributed by atoms with Crippen LogP contribution < -0.4 is 11.1 Å². The number of likely N-dealkylation sites (tertiary alicyclic amines) is 1. The summed E-state index contributed by atoms with van der Waals surface area (Å²) in [5, 5.41) is 13.9. The summed E-state index contributed by atoms with van der Waals surface area (Å²) in [7, 11) is 2.11. The lowest BCUT2D eigenvalue weighted by Crippen LogP contribution is -2.31. The molecule has 0 aromatic heterocycles. The Morgan fingerprint density at radius 1 is 1.61 bits per heavy atom. The molecule has 1 aliphatic heterocycles. The number of nitrogens with one attached hydrogen (secondary N) is 1. The first-order chi connectivity index (χ1) is 8.58. The SMILES string of the molecule is CN1CCCC1CNc1ccc([N+](=O)[O-])c(N)c1. The van der Waals surface area contributed by atoms with Crippen LogP contribution in [0.25, 0.3) is 0 Å². The molecule has 98 valence electrons. The molecule has 0 aliphatic carbocycles. The van der Waals surface area contributed by atoms with Crippen LogP contribution in [-0.2, 0) is 0 Å². The molecule has 0 saturated carbocycles. The molecule has 6 nitrogen and oxygen atoms in total. The molecule has 1 saturated heterocycles. The summed E-state index contributed by atoms with van der Waals surface area (Å²) in [5.74, 6) is 0. The van der Waals surface area contributed by atoms with Crippen molar-refractivity contribution in [3.63, 3.8) is 0 Å². The molecule has 0 amide bonds. The summed E-state index contributed by atoms with van der Waals surface area (Å²) in [6, 6.07) is 5.29. The van der Waals surface area contributed by atoms with Gasteiger partial charge in [-0.15, -0.1) is 0 Å². The lowest BCUT2D eigenvalue weighted by Gasteiger charge is -2.20. The quantitative estimate of drug-likeness (QED) is 0.482. The van der Waals surface area contributed by atoms with Crippen LogP contribution in [0.5, 0.6) is 0 Å². The van der Waals surface area contributed by atoms with Crippen molar-refractivity contribution >= 4 is 17.1 Å². The third-order valence-electron chi connectivity index (χ3n) is 3.44. The molecule has 3 N–H and O–H groups in total. The van der Waals surface area contributed by atoms with Gasteiger partial charge in [0, 0.05) is 24.3 Å². The van der Waals surface area contributed by atoms with Gasteiger partial charge in [-0.05, 0) is 38.6 Å². The number of benzene rings is 1. The number of hydrogen-bond acceptors (Lipinski definition) is 5. The molecule has 0 bridgehead atoms. The van der Waals surface area contributed by atoms with Crippen LogP contribution in [0.2, 0.25) is 0 Å². The fourth-order valence-electron chi connectivity index (χ4n) is 2.30. The second kappa shape index (κ2) is 5.22. The van der Waals surface area contributed by atoms with Gasteiger partial charge in [-0.1, -0.05) is 0 Å². The summed E-state index contributed by atoms with van der Waals surface area (Å²) >= 11 is 0. The third kappa shape index (κ3) is 2.70. The smallest absolute Gasteiger partial charge is 0.292 e. The molecular weight excluding hydrogens is 232 g/mol. The molecule has 1 aromatic carbocycles. The Kier molecular flexibility index (Phi) is 3.66. The van der Waals surface area contributed by atoms with Gasteiger partial charge in [-0.2, -0.15) is 0 Å². The molecule has 1 fully saturated rings. The third-order valence-corrected chi connectivity index (χ3v) is 3.44. The topological polar surface area (TPSA) is 84.4 Å². The second-order valence-corrected chi connectivity index (χ2v) is 4.69. The van der Waals surface area contributed by atoms with Crippen LogP contribution in [0.4, 0.5) is 17.1 Å². The Labute approximate surface area is 106 Å². The van der Waals surface area contributed by atoms with Crippen molar-refractivity contribution in [1.29, 1.82) is 0 Å². The number of hydrogen-bond donors (Lipinski definition) is 2. The highest BCUT2D eigenvalue weighted by atomic mass is 16.6. The van der Waals surface area contributed by atoms with E-state index >= 15 is 0 Å². The Morgan fingerprint density at radius 2 is 2.39 bits per heavy atom. The maximum atomic E-state index is 10.6. The van der Waals surface area contributed by atoms with Gasteiger partial charge in [0.15, 0.2) is 0 Å². The van der Waals surface area contributed by atoms with E-state index in [1.165, 1.54) is 18.9 Å². The van der Waals surface area contributed by atoms with Crippen molar-refractivity contribution in [3.8, 4) is 0 Å². The molecule has 0 radical (unpaired) electrons. The van der Waals surface area contributed by atoms with E-state index in [0.717, 1.165) is 18.8 Å². The first-order valence-corrected chi connectivity index (χ1v) is 6.06. The molecule has 0 spiro atoms. The zero-order valence-corrected chi connectivity index (χ0v) is 10.4. The average Bonchev–Trinajstić information content (AvgIpc) is 2.72. The fourth-order valence-corrected chi connectivity index (χ4v) is 2.30. The number of nitrogens with two attached hydrogens (primary N) is 1. The molecule has 1 aliphatic rings. The first kappa shape index (κ1) is 12.6. The van der Waals surface area contributed by atoms with Gasteiger partial charge in [0.25, 0.3) is 5.69 Å². The van der Waals surface area contributed by atoms with Crippen LogP contribution in [0.3, 0.4) is 0 Å². The van der Waals surface area contributed by atoms with E-state index in [0.29, 0.717) is 6.04 Å². The molecule has 1 unspecified atom stereocenters. The molecule has 6 heteroatoms. The van der Waals surface area contributed by atoms with Crippen molar-refractivity contribution in [2.75, 3.05) is 31.2 Å². The van der Waals surface area contributed by atoms with Gasteiger partial charge in [-0.25, -0.2) is 0 Å². The summed E-state index contributed by atoms with van der Waals surface area (Å²) in [6.07, 6.45) is 2.41. The van der Waals surface area contributed by atoms with Gasteiger partial charge in [-0.3, -0.25) is 10.1 Å². The summed E-state index contributed by atoms with van der Waals surface area (Å²) in [5.41, 5.74) is 6.63. The van der Waals surface area contributed by atoms with E-state index in [2.05, 4.69) is 17.3 Å². The normalized spacial score (nSPS) is 19.9. The van der Waals surface area contributed by atoms with Crippen LogP contribution in [-0.4, -0.2) is 36.0 Å². The minimum atomic E-state index is -0.468. The maximum Gasteiger partial charge on any atom is 0.292 e. The predicted molar refractivity (Wildman–Crippen MR) is 71.7 cm³/mol. The van der Waals surface area contributed by atoms with Crippen molar-refractivity contribution in [2.24, 2.45) is 0 Å². The molecule has 1 atom stereocenters. The van der Waals surface area contributed by atoms with E-state index in [4.69, 9.17) is 5.73 Å². The summed E-state index contributed by atoms with van der Waals surface area (Å²) in [4.78, 5) is 12.5. The zero-order valence-electron chi connectivity index (χ0n) is 10.4. The highest BCUT2D eigenvalue weighted by Crippen LogP contribution is 2.25. The number of rotatable bonds is 4. The molecular formula is C12H18N4O2. The first-order valence-electron chi connectivity index (χ1n) is 6.06. The fraction of sp³-hybridized carbons (Fsp3) is 0.500. The van der Waals surface area contributed by atoms with E-state index in [1.807, 2.05) is 0 Å². The Bertz CT molecular complexity index is 450. The van der Waals surface area contributed by atoms with E-state index in [9.17, 15) is 10.1 Å². The minimum absolute atomic E-state index is 0.0430. The van der Waals surface area contributed by atoms with E-state index in [1.54, 1.807) is 12.1 Å². The molecule has 1 aromatic rings. The number of anilines is 2. The highest BCUT2D eigenvalue weighted by Gasteiger charge is 2.20. The lowest BCUT2D eigenvalue weighted by atomic mass is 10.2. The lowest BCUT2D eigenvalue weighted by molar-refractivity contribution is -0.383. The van der Waals surface area contributed by atoms with E-state index < -0.39 is 4.92 Å². The van der Waals surface area contributed by atoms with Gasteiger partial charge >= 0.3 is 0 Å². The molecule has 18 heavy (non-hydrogen) atoms. The van der Waals surface area contributed by atoms with Crippen molar-refractivity contribution in [1.82, 2.24) is 4.90 Å². The predicted octanol–water partition coefficient (Wildman–Crippen LogP) is 1.68. The number of nitrogen functional groups attached to an aromatic ring is 1. The van der Waals surface area contributed by atoms with Gasteiger partial charge < -0.3 is 16.0 Å². The Balaban J connectivity index is 1.98. The average molecular weight is 250 g/mol. The molecule has 2 rings (SSSR count). The summed E-state index contributed by atoms with van der Waals surface area (Å²) < 4.78 is 0. The summed E-state index contributed by atoms with van der Waals surface area (Å²) in [6.45, 7) is 1.97. The zero-order chi connectivity index (χ0) is 13.1. The number of likely N-dealkylation sites (N-methyl/N-ethyl adjacent to an activating group) is 1. The van der Waals surface area contributed by atoms with Crippen LogP contribution in [0.15, 0.2) is 18.2 Å². The van der Waals surface area contributed by atoms with Crippen LogP contribution >= 0.6 is 0 Å². The highest BCUT2D eigenvalue weighted by molar-refractivity contribution is 5.65. The van der Waals surface area contributed by atoms with Crippen LogP contribution in [0.1, 0.15) is 12.8 Å². The van der Waals surface area contributed by atoms with Crippen molar-refractivity contribution in [2.45, 2.75) is 18.9 Å². The number of nitro groups is 1. The Hall–Kier alpha value is -1.82. The van der Waals surface area contributed by atoms with Crippen LogP contribution in [0, 0.1) is 10.1 Å². The maximum absolute atomic E-state index is 10.6. The monoisotopic (exact) mass is 250 g/mol. The number of nitro benzene ring substituents is 1. The molecule has 1 heterocycles. The van der Waals surface area contributed by atoms with E-state index in [-0.39, 0.29) is 11.4 Å². The minimum Gasteiger partial charge on any atom is -0.393 e. The van der Waals surface area contributed by atoms with Crippen molar-refractivity contribution in [3.05, 3.63) is 28.3 Å². The van der Waals surface area contributed by atoms with Gasteiger partial charge in [0.1, 0.15) is 5.69 Å². The number of nitrogens with zero attached hydrogens (tertiary/aromatic N) is 2. The van der Waals surface area contributed by atoms with Gasteiger partial charge in [0.2, 0.25) is 0 Å².